The molecule has 5 heteroatoms. The van der Waals surface area contributed by atoms with Crippen LogP contribution in [0.15, 0.2) is 47.5 Å². The van der Waals surface area contributed by atoms with Gasteiger partial charge in [0.1, 0.15) is 11.1 Å². The number of carbonyl (C=O) groups is 1. The summed E-state index contributed by atoms with van der Waals surface area (Å²) in [6.45, 7) is 2.04. The van der Waals surface area contributed by atoms with E-state index in [0.717, 1.165) is 10.5 Å². The van der Waals surface area contributed by atoms with Crippen molar-refractivity contribution in [2.24, 2.45) is 0 Å². The van der Waals surface area contributed by atoms with Gasteiger partial charge < -0.3 is 4.74 Å². The van der Waals surface area contributed by atoms with Gasteiger partial charge in [0.25, 0.3) is 0 Å². The van der Waals surface area contributed by atoms with Crippen LogP contribution in [0.3, 0.4) is 0 Å². The van der Waals surface area contributed by atoms with Crippen LogP contribution in [-0.4, -0.2) is 16.9 Å². The zero-order valence-corrected chi connectivity index (χ0v) is 12.6. The number of pyridine rings is 1. The third-order valence-electron chi connectivity index (χ3n) is 2.60. The van der Waals surface area contributed by atoms with Gasteiger partial charge in [-0.05, 0) is 30.7 Å². The maximum Gasteiger partial charge on any atom is 0.311 e. The Morgan fingerprint density at radius 2 is 2.00 bits per heavy atom. The van der Waals surface area contributed by atoms with Gasteiger partial charge in [0.15, 0.2) is 0 Å². The number of hydrogen-bond donors (Lipinski definition) is 0. The van der Waals surface area contributed by atoms with Crippen LogP contribution >= 0.6 is 23.4 Å². The number of benzene rings is 1. The molecule has 0 atom stereocenters. The molecular weight excluding hydrogens is 294 g/mol. The fourth-order valence-corrected chi connectivity index (χ4v) is 2.29. The molecule has 0 aliphatic carbocycles. The summed E-state index contributed by atoms with van der Waals surface area (Å²) < 4.78 is 5.17. The Bertz CT molecular complexity index is 569. The van der Waals surface area contributed by atoms with Crippen LogP contribution in [0.25, 0.3) is 0 Å². The molecule has 1 heterocycles. The first-order valence-corrected chi connectivity index (χ1v) is 7.45. The maximum absolute atomic E-state index is 11.6. The molecule has 0 saturated heterocycles. The summed E-state index contributed by atoms with van der Waals surface area (Å²) in [4.78, 5) is 16.6. The lowest BCUT2D eigenvalue weighted by Crippen LogP contribution is -2.07. The highest BCUT2D eigenvalue weighted by Gasteiger charge is 2.05. The van der Waals surface area contributed by atoms with Crippen LogP contribution in [0.1, 0.15) is 11.1 Å². The number of thioether (sulfide) groups is 1. The van der Waals surface area contributed by atoms with Gasteiger partial charge in [-0.1, -0.05) is 47.1 Å². The molecule has 3 nitrogen and oxygen atoms in total. The van der Waals surface area contributed by atoms with E-state index in [2.05, 4.69) is 4.98 Å². The van der Waals surface area contributed by atoms with E-state index >= 15 is 0 Å². The third kappa shape index (κ3) is 4.87. The van der Waals surface area contributed by atoms with E-state index in [9.17, 15) is 4.79 Å². The highest BCUT2D eigenvalue weighted by atomic mass is 35.5. The Kier molecular flexibility index (Phi) is 5.44. The molecular formula is C15H14ClNO2S. The molecule has 0 aliphatic rings. The fourth-order valence-electron chi connectivity index (χ4n) is 1.53. The van der Waals surface area contributed by atoms with Crippen molar-refractivity contribution in [3.63, 3.8) is 0 Å². The van der Waals surface area contributed by atoms with Gasteiger partial charge in [-0.2, -0.15) is 0 Å². The Labute approximate surface area is 127 Å². The minimum Gasteiger partial charge on any atom is -0.454 e. The van der Waals surface area contributed by atoms with Crippen LogP contribution in [0, 0.1) is 6.92 Å². The Morgan fingerprint density at radius 1 is 1.25 bits per heavy atom. The van der Waals surface area contributed by atoms with E-state index in [0.29, 0.717) is 11.1 Å². The molecule has 0 unspecified atom stereocenters. The van der Waals surface area contributed by atoms with E-state index in [4.69, 9.17) is 16.3 Å². The van der Waals surface area contributed by atoms with E-state index in [1.807, 2.05) is 31.2 Å². The minimum atomic E-state index is -0.270. The maximum atomic E-state index is 11.6. The van der Waals surface area contributed by atoms with Gasteiger partial charge in [0.05, 0.1) is 6.42 Å². The van der Waals surface area contributed by atoms with Gasteiger partial charge in [0, 0.05) is 11.1 Å². The average Bonchev–Trinajstić information content (AvgIpc) is 2.44. The molecule has 1 aromatic heterocycles. The Balaban J connectivity index is 1.75. The number of carbonyl (C=O) groups excluding carboxylic acids is 1. The van der Waals surface area contributed by atoms with Crippen LogP contribution < -0.4 is 0 Å². The van der Waals surface area contributed by atoms with Gasteiger partial charge in [0.2, 0.25) is 0 Å². The first-order chi connectivity index (χ1) is 9.63. The van der Waals surface area contributed by atoms with Crippen LogP contribution in [-0.2, 0) is 16.0 Å². The van der Waals surface area contributed by atoms with Crippen LogP contribution in [0.5, 0.6) is 0 Å². The van der Waals surface area contributed by atoms with E-state index in [-0.39, 0.29) is 12.4 Å². The van der Waals surface area contributed by atoms with Crippen molar-refractivity contribution in [3.05, 3.63) is 58.9 Å². The van der Waals surface area contributed by atoms with Crippen molar-refractivity contribution >= 4 is 29.3 Å². The summed E-state index contributed by atoms with van der Waals surface area (Å²) in [5.74, 6) is 0.0388. The van der Waals surface area contributed by atoms with Crippen molar-refractivity contribution < 1.29 is 9.53 Å². The predicted molar refractivity (Wildman–Crippen MR) is 80.9 cm³/mol. The molecule has 2 aromatic rings. The smallest absolute Gasteiger partial charge is 0.311 e. The number of hydrogen-bond acceptors (Lipinski definition) is 4. The molecule has 0 spiro atoms. The summed E-state index contributed by atoms with van der Waals surface area (Å²) >= 11 is 7.17. The topological polar surface area (TPSA) is 39.2 Å². The highest BCUT2D eigenvalue weighted by molar-refractivity contribution is 7.99. The highest BCUT2D eigenvalue weighted by Crippen LogP contribution is 2.18. The zero-order chi connectivity index (χ0) is 14.4. The molecule has 0 radical (unpaired) electrons. The standard InChI is InChI=1S/C15H14ClNO2S/c1-11-2-5-13(6-3-11)20-10-19-15(18)8-12-4-7-14(16)17-9-12/h2-7,9H,8,10H2,1H3. The number of rotatable bonds is 5. The van der Waals surface area contributed by atoms with E-state index in [1.165, 1.54) is 17.3 Å². The number of esters is 1. The van der Waals surface area contributed by atoms with Crippen molar-refractivity contribution in [2.45, 2.75) is 18.2 Å². The number of ether oxygens (including phenoxy) is 1. The second-order valence-electron chi connectivity index (χ2n) is 4.26. The first-order valence-electron chi connectivity index (χ1n) is 6.09. The molecule has 1 aromatic carbocycles. The molecule has 0 saturated carbocycles. The minimum absolute atomic E-state index is 0.207. The monoisotopic (exact) mass is 307 g/mol. The molecule has 0 fully saturated rings. The summed E-state index contributed by atoms with van der Waals surface area (Å²) in [6.07, 6.45) is 1.79. The first kappa shape index (κ1) is 14.9. The number of aromatic nitrogens is 1. The quantitative estimate of drug-likeness (QED) is 0.364. The summed E-state index contributed by atoms with van der Waals surface area (Å²) in [7, 11) is 0. The summed E-state index contributed by atoms with van der Waals surface area (Å²) in [5, 5.41) is 0.414. The van der Waals surface area contributed by atoms with Crippen LogP contribution in [0.2, 0.25) is 5.15 Å². The van der Waals surface area contributed by atoms with Gasteiger partial charge in [-0.15, -0.1) is 0 Å². The van der Waals surface area contributed by atoms with Crippen molar-refractivity contribution in [1.82, 2.24) is 4.98 Å². The molecule has 0 amide bonds. The zero-order valence-electron chi connectivity index (χ0n) is 11.0. The molecule has 0 aliphatic heterocycles. The largest absolute Gasteiger partial charge is 0.454 e. The number of nitrogens with zero attached hydrogens (tertiary/aromatic N) is 1. The average molecular weight is 308 g/mol. The van der Waals surface area contributed by atoms with Crippen LogP contribution in [0.4, 0.5) is 0 Å². The SMILES string of the molecule is Cc1ccc(SCOC(=O)Cc2ccc(Cl)nc2)cc1. The van der Waals surface area contributed by atoms with Gasteiger partial charge >= 0.3 is 5.97 Å². The van der Waals surface area contributed by atoms with Crippen molar-refractivity contribution in [2.75, 3.05) is 5.94 Å². The lowest BCUT2D eigenvalue weighted by molar-refractivity contribution is -0.140. The lowest BCUT2D eigenvalue weighted by atomic mass is 10.2. The second kappa shape index (κ2) is 7.31. The number of aryl methyl sites for hydroxylation is 1. The second-order valence-corrected chi connectivity index (χ2v) is 5.64. The van der Waals surface area contributed by atoms with E-state index in [1.54, 1.807) is 18.3 Å². The number of halogens is 1. The lowest BCUT2D eigenvalue weighted by Gasteiger charge is -2.05. The molecule has 104 valence electrons. The van der Waals surface area contributed by atoms with Gasteiger partial charge in [-0.3, -0.25) is 4.79 Å². The summed E-state index contributed by atoms with van der Waals surface area (Å²) in [6, 6.07) is 11.5. The summed E-state index contributed by atoms with van der Waals surface area (Å²) in [5.41, 5.74) is 2.00. The normalized spacial score (nSPS) is 10.3. The van der Waals surface area contributed by atoms with Gasteiger partial charge in [-0.25, -0.2) is 4.98 Å². The third-order valence-corrected chi connectivity index (χ3v) is 3.67. The van der Waals surface area contributed by atoms with E-state index < -0.39 is 0 Å². The molecule has 0 bridgehead atoms. The van der Waals surface area contributed by atoms with Crippen molar-refractivity contribution in [1.29, 1.82) is 0 Å². The molecule has 2 rings (SSSR count). The predicted octanol–water partition coefficient (Wildman–Crippen LogP) is 3.88. The molecule has 0 N–H and O–H groups in total. The Hall–Kier alpha value is -1.52. The fraction of sp³-hybridized carbons (Fsp3) is 0.200. The molecule has 20 heavy (non-hydrogen) atoms. The van der Waals surface area contributed by atoms with Crippen molar-refractivity contribution in [3.8, 4) is 0 Å². The Morgan fingerprint density at radius 3 is 2.65 bits per heavy atom.